The van der Waals surface area contributed by atoms with Crippen molar-refractivity contribution in [3.63, 3.8) is 0 Å². The highest BCUT2D eigenvalue weighted by atomic mass is 32.2. The van der Waals surface area contributed by atoms with E-state index in [1.807, 2.05) is 45.0 Å². The maximum atomic E-state index is 12.1. The van der Waals surface area contributed by atoms with Gasteiger partial charge in [0.2, 0.25) is 16.9 Å². The van der Waals surface area contributed by atoms with E-state index in [1.165, 1.54) is 11.3 Å². The lowest BCUT2D eigenvalue weighted by Crippen LogP contribution is -2.13. The van der Waals surface area contributed by atoms with E-state index in [4.69, 9.17) is 9.15 Å². The first kappa shape index (κ1) is 19.3. The molecular weight excluding hydrogens is 386 g/mol. The van der Waals surface area contributed by atoms with Gasteiger partial charge in [-0.1, -0.05) is 43.9 Å². The third-order valence-electron chi connectivity index (χ3n) is 3.38. The van der Waals surface area contributed by atoms with E-state index in [9.17, 15) is 4.79 Å². The number of ether oxygens (including phenoxy) is 1. The van der Waals surface area contributed by atoms with Crippen molar-refractivity contribution in [2.24, 2.45) is 0 Å². The minimum absolute atomic E-state index is 0.100. The molecule has 0 bridgehead atoms. The van der Waals surface area contributed by atoms with E-state index in [0.717, 1.165) is 28.1 Å². The number of hydrogen-bond acceptors (Lipinski definition) is 9. The second-order valence-corrected chi connectivity index (χ2v) is 8.50. The zero-order valence-electron chi connectivity index (χ0n) is 15.3. The Morgan fingerprint density at radius 1 is 1.19 bits per heavy atom. The average Bonchev–Trinajstić information content (AvgIpc) is 3.29. The van der Waals surface area contributed by atoms with Crippen molar-refractivity contribution in [2.75, 3.05) is 18.2 Å². The second kappa shape index (κ2) is 8.05. The van der Waals surface area contributed by atoms with Crippen LogP contribution in [0.15, 0.2) is 33.9 Å². The molecule has 0 saturated carbocycles. The molecule has 3 aromatic rings. The number of carbonyl (C=O) groups excluding carboxylic acids is 1. The number of anilines is 1. The zero-order chi connectivity index (χ0) is 19.4. The largest absolute Gasteiger partial charge is 0.497 e. The van der Waals surface area contributed by atoms with Gasteiger partial charge in [-0.25, -0.2) is 0 Å². The number of hydrogen-bond donors (Lipinski definition) is 1. The standard InChI is InChI=1S/C17H19N5O3S2/c1-17(2,3)14-20-21-15(27-14)18-12(23)9-26-16-22-19-13(25-16)10-5-7-11(24-4)8-6-10/h5-8H,9H2,1-4H3,(H,18,21,23). The monoisotopic (exact) mass is 405 g/mol. The summed E-state index contributed by atoms with van der Waals surface area (Å²) in [5.41, 5.74) is 0.681. The number of aromatic nitrogens is 4. The molecule has 3 rings (SSSR count). The van der Waals surface area contributed by atoms with Crippen LogP contribution in [0.3, 0.4) is 0 Å². The lowest BCUT2D eigenvalue weighted by Gasteiger charge is -2.12. The molecule has 2 aromatic heterocycles. The molecule has 0 aliphatic heterocycles. The Labute approximate surface area is 164 Å². The van der Waals surface area contributed by atoms with Crippen LogP contribution in [0.1, 0.15) is 25.8 Å². The molecule has 0 aliphatic carbocycles. The molecule has 1 aromatic carbocycles. The van der Waals surface area contributed by atoms with Crippen LogP contribution in [0.5, 0.6) is 5.75 Å². The lowest BCUT2D eigenvalue weighted by molar-refractivity contribution is -0.113. The fraction of sp³-hybridized carbons (Fsp3) is 0.353. The van der Waals surface area contributed by atoms with Crippen LogP contribution in [0.25, 0.3) is 11.5 Å². The number of amides is 1. The number of carbonyl (C=O) groups is 1. The lowest BCUT2D eigenvalue weighted by atomic mass is 9.98. The van der Waals surface area contributed by atoms with Crippen LogP contribution in [0.2, 0.25) is 0 Å². The van der Waals surface area contributed by atoms with Gasteiger partial charge < -0.3 is 9.15 Å². The molecule has 10 heteroatoms. The maximum absolute atomic E-state index is 12.1. The quantitative estimate of drug-likeness (QED) is 0.620. The molecule has 0 unspecified atom stereocenters. The molecule has 27 heavy (non-hydrogen) atoms. The fourth-order valence-electron chi connectivity index (χ4n) is 1.98. The van der Waals surface area contributed by atoms with Crippen molar-refractivity contribution in [1.82, 2.24) is 20.4 Å². The van der Waals surface area contributed by atoms with Gasteiger partial charge in [-0.2, -0.15) is 0 Å². The summed E-state index contributed by atoms with van der Waals surface area (Å²) in [4.78, 5) is 12.1. The first-order valence-corrected chi connectivity index (χ1v) is 9.90. The molecule has 0 saturated heterocycles. The number of benzene rings is 1. The highest BCUT2D eigenvalue weighted by molar-refractivity contribution is 7.99. The molecule has 2 heterocycles. The Hall–Kier alpha value is -2.46. The van der Waals surface area contributed by atoms with E-state index < -0.39 is 0 Å². The van der Waals surface area contributed by atoms with E-state index >= 15 is 0 Å². The van der Waals surface area contributed by atoms with E-state index in [0.29, 0.717) is 16.2 Å². The minimum Gasteiger partial charge on any atom is -0.497 e. The normalized spacial score (nSPS) is 11.4. The van der Waals surface area contributed by atoms with Gasteiger partial charge >= 0.3 is 0 Å². The van der Waals surface area contributed by atoms with E-state index in [2.05, 4.69) is 25.7 Å². The SMILES string of the molecule is COc1ccc(-c2nnc(SCC(=O)Nc3nnc(C(C)(C)C)s3)o2)cc1. The number of rotatable bonds is 6. The van der Waals surface area contributed by atoms with Gasteiger partial charge in [0.25, 0.3) is 5.22 Å². The van der Waals surface area contributed by atoms with Gasteiger partial charge in [0.05, 0.1) is 12.9 Å². The summed E-state index contributed by atoms with van der Waals surface area (Å²) in [6.07, 6.45) is 0. The van der Waals surface area contributed by atoms with Crippen molar-refractivity contribution in [2.45, 2.75) is 31.4 Å². The van der Waals surface area contributed by atoms with Gasteiger partial charge in [-0.3, -0.25) is 10.1 Å². The molecule has 0 radical (unpaired) electrons. The summed E-state index contributed by atoms with van der Waals surface area (Å²) in [6.45, 7) is 6.14. The topological polar surface area (TPSA) is 103 Å². The van der Waals surface area contributed by atoms with Gasteiger partial charge in [0.1, 0.15) is 10.8 Å². The van der Waals surface area contributed by atoms with Crippen molar-refractivity contribution >= 4 is 34.1 Å². The van der Waals surface area contributed by atoms with Crippen LogP contribution in [-0.4, -0.2) is 39.2 Å². The van der Waals surface area contributed by atoms with Crippen LogP contribution >= 0.6 is 23.1 Å². The molecule has 0 atom stereocenters. The number of nitrogens with one attached hydrogen (secondary N) is 1. The Bertz CT molecular complexity index is 915. The first-order valence-electron chi connectivity index (χ1n) is 8.10. The summed E-state index contributed by atoms with van der Waals surface area (Å²) >= 11 is 2.53. The fourth-order valence-corrected chi connectivity index (χ4v) is 3.36. The second-order valence-electron chi connectivity index (χ2n) is 6.60. The molecule has 1 amide bonds. The first-order chi connectivity index (χ1) is 12.8. The van der Waals surface area contributed by atoms with Crippen molar-refractivity contribution in [3.05, 3.63) is 29.3 Å². The Morgan fingerprint density at radius 3 is 2.56 bits per heavy atom. The number of methoxy groups -OCH3 is 1. The van der Waals surface area contributed by atoms with E-state index in [-0.39, 0.29) is 17.1 Å². The van der Waals surface area contributed by atoms with Gasteiger partial charge in [-0.15, -0.1) is 20.4 Å². The van der Waals surface area contributed by atoms with Gasteiger partial charge in [0, 0.05) is 11.0 Å². The van der Waals surface area contributed by atoms with Crippen molar-refractivity contribution in [3.8, 4) is 17.2 Å². The molecule has 1 N–H and O–H groups in total. The smallest absolute Gasteiger partial charge is 0.277 e. The van der Waals surface area contributed by atoms with E-state index in [1.54, 1.807) is 7.11 Å². The summed E-state index contributed by atoms with van der Waals surface area (Å²) in [7, 11) is 1.60. The van der Waals surface area contributed by atoms with Crippen LogP contribution < -0.4 is 10.1 Å². The molecule has 142 valence electrons. The molecule has 0 spiro atoms. The third-order valence-corrected chi connectivity index (χ3v) is 5.47. The van der Waals surface area contributed by atoms with Crippen molar-refractivity contribution < 1.29 is 13.9 Å². The zero-order valence-corrected chi connectivity index (χ0v) is 17.0. The van der Waals surface area contributed by atoms with Gasteiger partial charge in [-0.05, 0) is 24.3 Å². The highest BCUT2D eigenvalue weighted by Gasteiger charge is 2.20. The van der Waals surface area contributed by atoms with Crippen LogP contribution in [0.4, 0.5) is 5.13 Å². The summed E-state index contributed by atoms with van der Waals surface area (Å²) in [5, 5.41) is 20.5. The Morgan fingerprint density at radius 2 is 1.93 bits per heavy atom. The number of thioether (sulfide) groups is 1. The Kier molecular flexibility index (Phi) is 5.76. The molecule has 8 nitrogen and oxygen atoms in total. The number of nitrogens with zero attached hydrogens (tertiary/aromatic N) is 4. The Balaban J connectivity index is 1.54. The molecule has 0 fully saturated rings. The summed E-state index contributed by atoms with van der Waals surface area (Å²) < 4.78 is 10.7. The summed E-state index contributed by atoms with van der Waals surface area (Å²) in [5.74, 6) is 1.06. The van der Waals surface area contributed by atoms with Crippen molar-refractivity contribution in [1.29, 1.82) is 0 Å². The average molecular weight is 406 g/mol. The maximum Gasteiger partial charge on any atom is 0.277 e. The van der Waals surface area contributed by atoms with Gasteiger partial charge in [0.15, 0.2) is 0 Å². The molecular formula is C17H19N5O3S2. The molecule has 0 aliphatic rings. The van der Waals surface area contributed by atoms with Crippen LogP contribution in [-0.2, 0) is 10.2 Å². The van der Waals surface area contributed by atoms with Crippen LogP contribution in [0, 0.1) is 0 Å². The third kappa shape index (κ3) is 5.04. The predicted octanol–water partition coefficient (Wildman–Crippen LogP) is 3.63. The minimum atomic E-state index is -0.208. The highest BCUT2D eigenvalue weighted by Crippen LogP contribution is 2.28. The summed E-state index contributed by atoms with van der Waals surface area (Å²) in [6, 6.07) is 7.28. The predicted molar refractivity (Wildman–Crippen MR) is 104 cm³/mol.